The van der Waals surface area contributed by atoms with Gasteiger partial charge in [-0.25, -0.2) is 4.98 Å². The minimum atomic E-state index is 0.542. The molecule has 0 bridgehead atoms. The second-order valence-electron chi connectivity index (χ2n) is 2.25. The van der Waals surface area contributed by atoms with Gasteiger partial charge in [0.1, 0.15) is 5.82 Å². The van der Waals surface area contributed by atoms with Crippen molar-refractivity contribution < 1.29 is 0 Å². The zero-order valence-electron chi connectivity index (χ0n) is 5.96. The fraction of sp³-hybridized carbons (Fsp3) is 0.125. The van der Waals surface area contributed by atoms with Crippen LogP contribution in [0.1, 0.15) is 12.5 Å². The molecule has 52 valence electrons. The Kier molecular flexibility index (Phi) is 1.71. The van der Waals surface area contributed by atoms with Crippen molar-refractivity contribution in [2.24, 2.45) is 0 Å². The van der Waals surface area contributed by atoms with Crippen LogP contribution < -0.4 is 5.73 Å². The Labute approximate surface area is 60.4 Å². The van der Waals surface area contributed by atoms with Crippen molar-refractivity contribution in [3.63, 3.8) is 0 Å². The van der Waals surface area contributed by atoms with Gasteiger partial charge < -0.3 is 5.73 Å². The highest BCUT2D eigenvalue weighted by Gasteiger charge is 1.91. The Morgan fingerprint density at radius 2 is 2.40 bits per heavy atom. The molecule has 0 unspecified atom stereocenters. The van der Waals surface area contributed by atoms with E-state index in [1.165, 1.54) is 0 Å². The van der Waals surface area contributed by atoms with E-state index in [1.54, 1.807) is 6.20 Å². The Hall–Kier alpha value is -1.31. The van der Waals surface area contributed by atoms with Crippen LogP contribution >= 0.6 is 0 Å². The van der Waals surface area contributed by atoms with E-state index >= 15 is 0 Å². The van der Waals surface area contributed by atoms with Crippen molar-refractivity contribution in [3.05, 3.63) is 30.5 Å². The molecule has 0 saturated carbocycles. The summed E-state index contributed by atoms with van der Waals surface area (Å²) in [5.74, 6) is 0.542. The van der Waals surface area contributed by atoms with E-state index in [2.05, 4.69) is 11.6 Å². The van der Waals surface area contributed by atoms with Crippen molar-refractivity contribution in [3.8, 4) is 0 Å². The first-order chi connectivity index (χ1) is 4.70. The van der Waals surface area contributed by atoms with Gasteiger partial charge in [0.2, 0.25) is 0 Å². The molecule has 0 aliphatic heterocycles. The Morgan fingerprint density at radius 3 is 2.80 bits per heavy atom. The number of allylic oxidation sites excluding steroid dienone is 1. The van der Waals surface area contributed by atoms with Crippen LogP contribution in [-0.4, -0.2) is 4.98 Å². The molecule has 10 heavy (non-hydrogen) atoms. The number of nitrogens with two attached hydrogens (primary N) is 1. The number of aromatic nitrogens is 1. The summed E-state index contributed by atoms with van der Waals surface area (Å²) in [6, 6.07) is 3.70. The molecule has 0 aliphatic rings. The van der Waals surface area contributed by atoms with Crippen LogP contribution in [0.15, 0.2) is 24.9 Å². The Morgan fingerprint density at radius 1 is 1.70 bits per heavy atom. The van der Waals surface area contributed by atoms with Crippen molar-refractivity contribution in [2.75, 3.05) is 5.73 Å². The molecule has 0 saturated heterocycles. The number of pyridine rings is 1. The molecule has 2 N–H and O–H groups in total. The maximum atomic E-state index is 5.44. The Balaban J connectivity index is 3.07. The number of nitrogens with zero attached hydrogens (tertiary/aromatic N) is 1. The monoisotopic (exact) mass is 134 g/mol. The van der Waals surface area contributed by atoms with E-state index in [9.17, 15) is 0 Å². The fourth-order valence-electron chi connectivity index (χ4n) is 0.714. The average Bonchev–Trinajstić information content (AvgIpc) is 1.88. The standard InChI is InChI=1S/C8H10N2/c1-6(2)7-3-4-10-8(9)5-7/h3-5H,1H2,2H3,(H2,9,10). The molecule has 0 aromatic carbocycles. The molecule has 0 spiro atoms. The van der Waals surface area contributed by atoms with Gasteiger partial charge in [-0.05, 0) is 24.6 Å². The van der Waals surface area contributed by atoms with E-state index in [-0.39, 0.29) is 0 Å². The van der Waals surface area contributed by atoms with Gasteiger partial charge in [0, 0.05) is 6.20 Å². The van der Waals surface area contributed by atoms with Crippen molar-refractivity contribution in [1.82, 2.24) is 4.98 Å². The third-order valence-corrected chi connectivity index (χ3v) is 1.27. The van der Waals surface area contributed by atoms with Gasteiger partial charge in [-0.1, -0.05) is 12.2 Å². The first-order valence-corrected chi connectivity index (χ1v) is 3.07. The summed E-state index contributed by atoms with van der Waals surface area (Å²) in [5, 5.41) is 0. The van der Waals surface area contributed by atoms with Crippen molar-refractivity contribution in [1.29, 1.82) is 0 Å². The molecule has 1 aromatic heterocycles. The summed E-state index contributed by atoms with van der Waals surface area (Å²) in [6.45, 7) is 5.72. The molecule has 2 heteroatoms. The molecule has 0 fully saturated rings. The topological polar surface area (TPSA) is 38.9 Å². The maximum Gasteiger partial charge on any atom is 0.123 e. The largest absolute Gasteiger partial charge is 0.384 e. The highest BCUT2D eigenvalue weighted by molar-refractivity contribution is 5.62. The second kappa shape index (κ2) is 2.52. The van der Waals surface area contributed by atoms with Gasteiger partial charge in [-0.3, -0.25) is 0 Å². The third kappa shape index (κ3) is 1.35. The molecule has 1 rings (SSSR count). The molecule has 0 atom stereocenters. The van der Waals surface area contributed by atoms with Crippen LogP contribution in [0.5, 0.6) is 0 Å². The van der Waals surface area contributed by atoms with Gasteiger partial charge in [0.05, 0.1) is 0 Å². The highest BCUT2D eigenvalue weighted by atomic mass is 14.8. The summed E-state index contributed by atoms with van der Waals surface area (Å²) in [7, 11) is 0. The summed E-state index contributed by atoms with van der Waals surface area (Å²) in [6.07, 6.45) is 1.68. The third-order valence-electron chi connectivity index (χ3n) is 1.27. The Bertz CT molecular complexity index is 253. The van der Waals surface area contributed by atoms with Crippen molar-refractivity contribution >= 4 is 11.4 Å². The molecule has 1 heterocycles. The molecule has 0 radical (unpaired) electrons. The van der Waals surface area contributed by atoms with Gasteiger partial charge >= 0.3 is 0 Å². The molecular formula is C8H10N2. The van der Waals surface area contributed by atoms with Gasteiger partial charge in [-0.2, -0.15) is 0 Å². The lowest BCUT2D eigenvalue weighted by Crippen LogP contribution is -1.89. The number of nitrogen functional groups attached to an aromatic ring is 1. The lowest BCUT2D eigenvalue weighted by atomic mass is 10.1. The predicted octanol–water partition coefficient (Wildman–Crippen LogP) is 1.70. The van der Waals surface area contributed by atoms with E-state index in [1.807, 2.05) is 19.1 Å². The first-order valence-electron chi connectivity index (χ1n) is 3.07. The zero-order chi connectivity index (χ0) is 7.56. The number of hydrogen-bond acceptors (Lipinski definition) is 2. The van der Waals surface area contributed by atoms with Crippen LogP contribution in [0, 0.1) is 0 Å². The van der Waals surface area contributed by atoms with E-state index in [0.717, 1.165) is 11.1 Å². The van der Waals surface area contributed by atoms with Crippen LogP contribution in [0.25, 0.3) is 5.57 Å². The smallest absolute Gasteiger partial charge is 0.123 e. The zero-order valence-corrected chi connectivity index (χ0v) is 5.96. The summed E-state index contributed by atoms with van der Waals surface area (Å²) < 4.78 is 0. The van der Waals surface area contributed by atoms with Crippen LogP contribution in [0.3, 0.4) is 0 Å². The maximum absolute atomic E-state index is 5.44. The van der Waals surface area contributed by atoms with Crippen LogP contribution in [0.4, 0.5) is 5.82 Å². The number of rotatable bonds is 1. The lowest BCUT2D eigenvalue weighted by Gasteiger charge is -1.98. The summed E-state index contributed by atoms with van der Waals surface area (Å²) in [5.41, 5.74) is 7.50. The first kappa shape index (κ1) is 6.81. The van der Waals surface area contributed by atoms with Crippen molar-refractivity contribution in [2.45, 2.75) is 6.92 Å². The summed E-state index contributed by atoms with van der Waals surface area (Å²) >= 11 is 0. The van der Waals surface area contributed by atoms with Gasteiger partial charge in [-0.15, -0.1) is 0 Å². The quantitative estimate of drug-likeness (QED) is 0.634. The SMILES string of the molecule is C=C(C)c1ccnc(N)c1. The average molecular weight is 134 g/mol. The predicted molar refractivity (Wildman–Crippen MR) is 43.4 cm³/mol. The normalized spacial score (nSPS) is 9.30. The minimum absolute atomic E-state index is 0.542. The van der Waals surface area contributed by atoms with E-state index < -0.39 is 0 Å². The molecule has 1 aromatic rings. The minimum Gasteiger partial charge on any atom is -0.384 e. The molecule has 2 nitrogen and oxygen atoms in total. The van der Waals surface area contributed by atoms with Gasteiger partial charge in [0.25, 0.3) is 0 Å². The van der Waals surface area contributed by atoms with E-state index in [4.69, 9.17) is 5.73 Å². The summed E-state index contributed by atoms with van der Waals surface area (Å²) in [4.78, 5) is 3.86. The highest BCUT2D eigenvalue weighted by Crippen LogP contribution is 2.11. The van der Waals surface area contributed by atoms with Gasteiger partial charge in [0.15, 0.2) is 0 Å². The number of hydrogen-bond donors (Lipinski definition) is 1. The van der Waals surface area contributed by atoms with E-state index in [0.29, 0.717) is 5.82 Å². The molecular weight excluding hydrogens is 124 g/mol. The van der Waals surface area contributed by atoms with Crippen LogP contribution in [-0.2, 0) is 0 Å². The lowest BCUT2D eigenvalue weighted by molar-refractivity contribution is 1.32. The molecule has 0 aliphatic carbocycles. The second-order valence-corrected chi connectivity index (χ2v) is 2.25. The van der Waals surface area contributed by atoms with Crippen LogP contribution in [0.2, 0.25) is 0 Å². The number of anilines is 1. The molecule has 0 amide bonds. The fourth-order valence-corrected chi connectivity index (χ4v) is 0.714.